The van der Waals surface area contributed by atoms with Crippen LogP contribution in [0.5, 0.6) is 0 Å². The smallest absolute Gasteiger partial charge is 0.245 e. The number of nitrogens with zero attached hydrogens (tertiary/aromatic N) is 2. The summed E-state index contributed by atoms with van der Waals surface area (Å²) in [4.78, 5) is 15.7. The number of nitrogens with one attached hydrogen (secondary N) is 1. The maximum absolute atomic E-state index is 12.6. The van der Waals surface area contributed by atoms with Crippen molar-refractivity contribution in [3.63, 3.8) is 0 Å². The highest BCUT2D eigenvalue weighted by Crippen LogP contribution is 2.23. The molecule has 0 radical (unpaired) electrons. The van der Waals surface area contributed by atoms with E-state index in [0.29, 0.717) is 5.52 Å². The van der Waals surface area contributed by atoms with Gasteiger partial charge in [-0.2, -0.15) is 4.31 Å². The first-order chi connectivity index (χ1) is 9.86. The number of carbonyl (C=O) groups excluding carboxylic acids is 1. The van der Waals surface area contributed by atoms with Crippen LogP contribution in [0.2, 0.25) is 0 Å². The normalized spacial score (nSPS) is 11.8. The predicted molar refractivity (Wildman–Crippen MR) is 80.4 cm³/mol. The van der Waals surface area contributed by atoms with E-state index in [1.165, 1.54) is 20.2 Å². The molecule has 0 fully saturated rings. The molecule has 7 heteroatoms. The van der Waals surface area contributed by atoms with Gasteiger partial charge < -0.3 is 5.32 Å². The average molecular weight is 307 g/mol. The van der Waals surface area contributed by atoms with Gasteiger partial charge >= 0.3 is 0 Å². The molecule has 0 saturated carbocycles. The van der Waals surface area contributed by atoms with E-state index in [4.69, 9.17) is 0 Å². The standard InChI is InChI=1S/C14H17N3O3S/c1-10-7-11-5-4-6-12(14(11)16-8-10)21(19,20)17(3)9-13(18)15-2/h4-8H,9H2,1-3H3,(H,15,18). The van der Waals surface area contributed by atoms with E-state index in [0.717, 1.165) is 15.3 Å². The molecular weight excluding hydrogens is 290 g/mol. The molecule has 1 amide bonds. The fraction of sp³-hybridized carbons (Fsp3) is 0.286. The summed E-state index contributed by atoms with van der Waals surface area (Å²) >= 11 is 0. The molecule has 112 valence electrons. The van der Waals surface area contributed by atoms with Gasteiger partial charge in [0.05, 0.1) is 12.1 Å². The van der Waals surface area contributed by atoms with Crippen molar-refractivity contribution in [3.05, 3.63) is 36.0 Å². The van der Waals surface area contributed by atoms with E-state index < -0.39 is 10.0 Å². The largest absolute Gasteiger partial charge is 0.358 e. The van der Waals surface area contributed by atoms with Crippen molar-refractivity contribution in [2.45, 2.75) is 11.8 Å². The number of aromatic nitrogens is 1. The Bertz CT molecular complexity index is 787. The first-order valence-electron chi connectivity index (χ1n) is 6.38. The van der Waals surface area contributed by atoms with Gasteiger partial charge in [-0.05, 0) is 24.6 Å². The molecule has 0 atom stereocenters. The molecular formula is C14H17N3O3S. The van der Waals surface area contributed by atoms with E-state index in [1.807, 2.05) is 19.1 Å². The number of sulfonamides is 1. The van der Waals surface area contributed by atoms with Crippen molar-refractivity contribution in [1.29, 1.82) is 0 Å². The van der Waals surface area contributed by atoms with Gasteiger partial charge in [-0.3, -0.25) is 9.78 Å². The van der Waals surface area contributed by atoms with E-state index >= 15 is 0 Å². The molecule has 0 saturated heterocycles. The Labute approximate surface area is 123 Å². The van der Waals surface area contributed by atoms with E-state index in [9.17, 15) is 13.2 Å². The number of rotatable bonds is 4. The van der Waals surface area contributed by atoms with Crippen molar-refractivity contribution in [1.82, 2.24) is 14.6 Å². The molecule has 2 rings (SSSR count). The molecule has 0 spiro atoms. The van der Waals surface area contributed by atoms with Crippen LogP contribution < -0.4 is 5.32 Å². The van der Waals surface area contributed by atoms with E-state index in [1.54, 1.807) is 12.3 Å². The molecule has 0 aliphatic carbocycles. The Balaban J connectivity index is 2.52. The minimum atomic E-state index is -3.77. The molecule has 1 N–H and O–H groups in total. The number of amides is 1. The van der Waals surface area contributed by atoms with Crippen LogP contribution in [0.4, 0.5) is 0 Å². The van der Waals surface area contributed by atoms with Gasteiger partial charge in [-0.15, -0.1) is 0 Å². The van der Waals surface area contributed by atoms with Crippen LogP contribution in [0, 0.1) is 6.92 Å². The van der Waals surface area contributed by atoms with E-state index in [-0.39, 0.29) is 17.3 Å². The Morgan fingerprint density at radius 1 is 1.38 bits per heavy atom. The lowest BCUT2D eigenvalue weighted by atomic mass is 10.2. The molecule has 0 unspecified atom stereocenters. The highest BCUT2D eigenvalue weighted by Gasteiger charge is 2.25. The van der Waals surface area contributed by atoms with Gasteiger partial charge in [-0.25, -0.2) is 8.42 Å². The van der Waals surface area contributed by atoms with Crippen molar-refractivity contribution in [2.75, 3.05) is 20.6 Å². The van der Waals surface area contributed by atoms with Gasteiger partial charge in [0, 0.05) is 25.7 Å². The molecule has 1 aromatic heterocycles. The van der Waals surface area contributed by atoms with Crippen LogP contribution in [0.15, 0.2) is 35.4 Å². The molecule has 6 nitrogen and oxygen atoms in total. The fourth-order valence-electron chi connectivity index (χ4n) is 1.99. The van der Waals surface area contributed by atoms with Crippen LogP contribution in [0.3, 0.4) is 0 Å². The average Bonchev–Trinajstić information content (AvgIpc) is 2.45. The molecule has 21 heavy (non-hydrogen) atoms. The molecule has 0 bridgehead atoms. The third-order valence-electron chi connectivity index (χ3n) is 3.14. The second-order valence-corrected chi connectivity index (χ2v) is 6.79. The molecule has 0 aliphatic heterocycles. The summed E-state index contributed by atoms with van der Waals surface area (Å²) in [6, 6.07) is 6.86. The number of benzene rings is 1. The van der Waals surface area contributed by atoms with Crippen LogP contribution in [0.25, 0.3) is 10.9 Å². The third kappa shape index (κ3) is 3.03. The summed E-state index contributed by atoms with van der Waals surface area (Å²) in [6.45, 7) is 1.66. The zero-order chi connectivity index (χ0) is 15.6. The molecule has 2 aromatic rings. The molecule has 0 aliphatic rings. The summed E-state index contributed by atoms with van der Waals surface area (Å²) in [5, 5.41) is 3.16. The summed E-state index contributed by atoms with van der Waals surface area (Å²) in [6.07, 6.45) is 1.63. The number of fused-ring (bicyclic) bond motifs is 1. The minimum Gasteiger partial charge on any atom is -0.358 e. The van der Waals surface area contributed by atoms with Gasteiger partial charge in [0.1, 0.15) is 4.90 Å². The predicted octanol–water partition coefficient (Wildman–Crippen LogP) is 0.910. The zero-order valence-electron chi connectivity index (χ0n) is 12.1. The van der Waals surface area contributed by atoms with Crippen molar-refractivity contribution in [2.24, 2.45) is 0 Å². The highest BCUT2D eigenvalue weighted by molar-refractivity contribution is 7.89. The van der Waals surface area contributed by atoms with Crippen molar-refractivity contribution < 1.29 is 13.2 Å². The Morgan fingerprint density at radius 3 is 2.76 bits per heavy atom. The first kappa shape index (κ1) is 15.4. The van der Waals surface area contributed by atoms with E-state index in [2.05, 4.69) is 10.3 Å². The monoisotopic (exact) mass is 307 g/mol. The van der Waals surface area contributed by atoms with Gasteiger partial charge in [0.15, 0.2) is 0 Å². The van der Waals surface area contributed by atoms with Crippen LogP contribution in [-0.2, 0) is 14.8 Å². The lowest BCUT2D eigenvalue weighted by molar-refractivity contribution is -0.120. The summed E-state index contributed by atoms with van der Waals surface area (Å²) in [5.74, 6) is -0.370. The third-order valence-corrected chi connectivity index (χ3v) is 4.98. The number of hydrogen-bond acceptors (Lipinski definition) is 4. The maximum atomic E-state index is 12.6. The number of hydrogen-bond donors (Lipinski definition) is 1. The lowest BCUT2D eigenvalue weighted by Gasteiger charge is -2.17. The number of pyridine rings is 1. The number of para-hydroxylation sites is 1. The highest BCUT2D eigenvalue weighted by atomic mass is 32.2. The maximum Gasteiger partial charge on any atom is 0.245 e. The van der Waals surface area contributed by atoms with Crippen molar-refractivity contribution >= 4 is 26.8 Å². The van der Waals surface area contributed by atoms with Gasteiger partial charge in [0.25, 0.3) is 0 Å². The van der Waals surface area contributed by atoms with Gasteiger partial charge in [-0.1, -0.05) is 12.1 Å². The Hall–Kier alpha value is -1.99. The Kier molecular flexibility index (Phi) is 4.24. The summed E-state index contributed by atoms with van der Waals surface area (Å²) < 4.78 is 26.2. The number of aryl methyl sites for hydroxylation is 1. The van der Waals surface area contributed by atoms with Crippen LogP contribution in [0.1, 0.15) is 5.56 Å². The molecule has 1 heterocycles. The fourth-order valence-corrected chi connectivity index (χ4v) is 3.27. The number of carbonyl (C=O) groups is 1. The van der Waals surface area contributed by atoms with Crippen LogP contribution in [-0.4, -0.2) is 44.3 Å². The molecule has 1 aromatic carbocycles. The summed E-state index contributed by atoms with van der Waals surface area (Å²) in [7, 11) is -0.938. The second kappa shape index (κ2) is 5.79. The summed E-state index contributed by atoms with van der Waals surface area (Å²) in [5.41, 5.74) is 1.36. The topological polar surface area (TPSA) is 79.4 Å². The van der Waals surface area contributed by atoms with Crippen molar-refractivity contribution in [3.8, 4) is 0 Å². The second-order valence-electron chi connectivity index (χ2n) is 4.77. The minimum absolute atomic E-state index is 0.103. The first-order valence-corrected chi connectivity index (χ1v) is 7.82. The van der Waals surface area contributed by atoms with Gasteiger partial charge in [0.2, 0.25) is 15.9 Å². The SMILES string of the molecule is CNC(=O)CN(C)S(=O)(=O)c1cccc2cc(C)cnc12. The lowest BCUT2D eigenvalue weighted by Crippen LogP contribution is -2.37. The number of likely N-dealkylation sites (N-methyl/N-ethyl adjacent to an activating group) is 2. The van der Waals surface area contributed by atoms with Crippen LogP contribution >= 0.6 is 0 Å². The quantitative estimate of drug-likeness (QED) is 0.910. The zero-order valence-corrected chi connectivity index (χ0v) is 12.9. The Morgan fingerprint density at radius 2 is 2.10 bits per heavy atom.